The number of carbonyl (C=O) groups excluding carboxylic acids is 2. The van der Waals surface area contributed by atoms with Crippen LogP contribution in [0.2, 0.25) is 10.0 Å². The molecule has 0 saturated carbocycles. The number of esters is 1. The number of hydrogen-bond donors (Lipinski definition) is 1. The molecular weight excluding hydrogens is 457 g/mol. The van der Waals surface area contributed by atoms with Crippen LogP contribution in [-0.4, -0.2) is 23.6 Å². The summed E-state index contributed by atoms with van der Waals surface area (Å²) in [4.78, 5) is 25.5. The molecule has 158 valence electrons. The van der Waals surface area contributed by atoms with Crippen molar-refractivity contribution >= 4 is 57.5 Å². The minimum atomic E-state index is -0.619. The third-order valence-electron chi connectivity index (χ3n) is 4.37. The molecule has 2 heterocycles. The lowest BCUT2D eigenvalue weighted by Gasteiger charge is -2.10. The predicted octanol–water partition coefficient (Wildman–Crippen LogP) is 5.55. The van der Waals surface area contributed by atoms with E-state index >= 15 is 0 Å². The lowest BCUT2D eigenvalue weighted by molar-refractivity contribution is -0.112. The van der Waals surface area contributed by atoms with E-state index in [-0.39, 0.29) is 11.1 Å². The molecule has 0 aliphatic rings. The number of anilines is 1. The van der Waals surface area contributed by atoms with Crippen LogP contribution in [0.25, 0.3) is 6.08 Å². The molecule has 3 rings (SSSR count). The van der Waals surface area contributed by atoms with E-state index in [0.29, 0.717) is 27.3 Å². The van der Waals surface area contributed by atoms with Gasteiger partial charge in [0, 0.05) is 33.4 Å². The zero-order valence-corrected chi connectivity index (χ0v) is 18.9. The number of benzene rings is 1. The number of carbonyl (C=O) groups is 2. The van der Waals surface area contributed by atoms with Crippen LogP contribution in [0, 0.1) is 18.3 Å². The first kappa shape index (κ1) is 22.6. The van der Waals surface area contributed by atoms with Gasteiger partial charge in [-0.05, 0) is 48.9 Å². The van der Waals surface area contributed by atoms with Crippen LogP contribution >= 0.6 is 34.5 Å². The largest absolute Gasteiger partial charge is 0.465 e. The summed E-state index contributed by atoms with van der Waals surface area (Å²) in [6.45, 7) is 2.24. The van der Waals surface area contributed by atoms with Crippen LogP contribution in [0.15, 0.2) is 48.2 Å². The molecule has 3 aromatic rings. The minimum absolute atomic E-state index is 0.107. The predicted molar refractivity (Wildman–Crippen MR) is 123 cm³/mol. The number of amides is 1. The second-order valence-electron chi connectivity index (χ2n) is 6.51. The Morgan fingerprint density at radius 3 is 2.74 bits per heavy atom. The Kier molecular flexibility index (Phi) is 7.18. The monoisotopic (exact) mass is 473 g/mol. The quantitative estimate of drug-likeness (QED) is 0.289. The Labute approximate surface area is 193 Å². The van der Waals surface area contributed by atoms with E-state index in [1.807, 2.05) is 29.8 Å². The van der Waals surface area contributed by atoms with E-state index in [1.165, 1.54) is 24.5 Å². The first-order chi connectivity index (χ1) is 14.8. The number of nitrogens with one attached hydrogen (secondary N) is 1. The highest BCUT2D eigenvalue weighted by Gasteiger charge is 2.19. The van der Waals surface area contributed by atoms with Crippen molar-refractivity contribution in [3.8, 4) is 6.07 Å². The molecule has 0 fully saturated rings. The molecule has 0 spiro atoms. The first-order valence-electron chi connectivity index (χ1n) is 9.03. The Balaban J connectivity index is 1.85. The third-order valence-corrected chi connectivity index (χ3v) is 5.92. The highest BCUT2D eigenvalue weighted by atomic mass is 35.5. The van der Waals surface area contributed by atoms with Crippen LogP contribution < -0.4 is 5.32 Å². The number of ether oxygens (including phenoxy) is 1. The van der Waals surface area contributed by atoms with Crippen molar-refractivity contribution in [3.05, 3.63) is 79.9 Å². The van der Waals surface area contributed by atoms with Crippen LogP contribution in [0.1, 0.15) is 26.5 Å². The van der Waals surface area contributed by atoms with Gasteiger partial charge in [-0.3, -0.25) is 4.79 Å². The maximum atomic E-state index is 12.7. The average Bonchev–Trinajstić information content (AvgIpc) is 3.33. The highest BCUT2D eigenvalue weighted by molar-refractivity contribution is 7.16. The fourth-order valence-electron chi connectivity index (χ4n) is 2.87. The summed E-state index contributed by atoms with van der Waals surface area (Å²) in [5.41, 5.74) is 1.63. The summed E-state index contributed by atoms with van der Waals surface area (Å²) < 4.78 is 6.60. The van der Waals surface area contributed by atoms with Crippen molar-refractivity contribution in [2.75, 3.05) is 12.4 Å². The molecule has 1 aromatic carbocycles. The molecule has 6 nitrogen and oxygen atoms in total. The number of hydrogen-bond acceptors (Lipinski definition) is 5. The number of nitriles is 1. The van der Waals surface area contributed by atoms with Crippen molar-refractivity contribution in [2.24, 2.45) is 0 Å². The van der Waals surface area contributed by atoms with E-state index in [9.17, 15) is 14.9 Å². The molecule has 0 unspecified atom stereocenters. The van der Waals surface area contributed by atoms with Gasteiger partial charge in [-0.2, -0.15) is 5.26 Å². The molecule has 0 aliphatic carbocycles. The molecule has 0 saturated heterocycles. The lowest BCUT2D eigenvalue weighted by Crippen LogP contribution is -2.15. The molecule has 0 radical (unpaired) electrons. The van der Waals surface area contributed by atoms with E-state index in [1.54, 1.807) is 30.3 Å². The van der Waals surface area contributed by atoms with E-state index in [2.05, 4.69) is 5.32 Å². The number of aromatic nitrogens is 1. The summed E-state index contributed by atoms with van der Waals surface area (Å²) in [5.74, 6) is -1.18. The minimum Gasteiger partial charge on any atom is -0.465 e. The van der Waals surface area contributed by atoms with Gasteiger partial charge >= 0.3 is 5.97 Å². The Morgan fingerprint density at radius 2 is 2.06 bits per heavy atom. The molecule has 1 N–H and O–H groups in total. The van der Waals surface area contributed by atoms with Crippen molar-refractivity contribution < 1.29 is 14.3 Å². The maximum absolute atomic E-state index is 12.7. The van der Waals surface area contributed by atoms with Gasteiger partial charge in [-0.25, -0.2) is 4.79 Å². The summed E-state index contributed by atoms with van der Waals surface area (Å²) in [5, 5.41) is 13.6. The van der Waals surface area contributed by atoms with Gasteiger partial charge in [0.05, 0.1) is 12.7 Å². The van der Waals surface area contributed by atoms with Crippen molar-refractivity contribution in [2.45, 2.75) is 13.5 Å². The van der Waals surface area contributed by atoms with Gasteiger partial charge in [-0.1, -0.05) is 29.3 Å². The fraction of sp³-hybridized carbons (Fsp3) is 0.136. The van der Waals surface area contributed by atoms with E-state index < -0.39 is 11.9 Å². The summed E-state index contributed by atoms with van der Waals surface area (Å²) in [7, 11) is 1.27. The van der Waals surface area contributed by atoms with Crippen LogP contribution in [-0.2, 0) is 16.1 Å². The number of thiophene rings is 1. The maximum Gasteiger partial charge on any atom is 0.340 e. The lowest BCUT2D eigenvalue weighted by atomic mass is 10.2. The molecular formula is C22H17Cl2N3O3S. The SMILES string of the molecule is COC(=O)c1cc(C)sc1NC(=O)/C(C#N)=C/c1cccn1Cc1ccc(Cl)cc1Cl. The summed E-state index contributed by atoms with van der Waals surface area (Å²) in [6, 6.07) is 12.4. The molecule has 2 aromatic heterocycles. The van der Waals surface area contributed by atoms with Crippen molar-refractivity contribution in [1.29, 1.82) is 5.26 Å². The zero-order valence-electron chi connectivity index (χ0n) is 16.6. The standard InChI is InChI=1S/C22H17Cl2N3O3S/c1-13-8-18(22(29)30-2)21(31-13)26-20(28)15(11-25)9-17-4-3-7-27(17)12-14-5-6-16(23)10-19(14)24/h3-10H,12H2,1-2H3,(H,26,28)/b15-9+. The molecule has 0 atom stereocenters. The number of aryl methyl sites for hydroxylation is 1. The van der Waals surface area contributed by atoms with Gasteiger partial charge in [0.2, 0.25) is 0 Å². The van der Waals surface area contributed by atoms with Gasteiger partial charge in [0.15, 0.2) is 0 Å². The van der Waals surface area contributed by atoms with Gasteiger partial charge in [-0.15, -0.1) is 11.3 Å². The number of rotatable bonds is 6. The van der Waals surface area contributed by atoms with Gasteiger partial charge in [0.1, 0.15) is 16.6 Å². The normalized spacial score (nSPS) is 11.1. The van der Waals surface area contributed by atoms with Gasteiger partial charge in [0.25, 0.3) is 5.91 Å². The fourth-order valence-corrected chi connectivity index (χ4v) is 4.23. The van der Waals surface area contributed by atoms with Crippen LogP contribution in [0.5, 0.6) is 0 Å². The highest BCUT2D eigenvalue weighted by Crippen LogP contribution is 2.29. The Bertz CT molecular complexity index is 1220. The van der Waals surface area contributed by atoms with E-state index in [0.717, 1.165) is 10.4 Å². The zero-order chi connectivity index (χ0) is 22.5. The van der Waals surface area contributed by atoms with Crippen LogP contribution in [0.4, 0.5) is 5.00 Å². The Hall–Kier alpha value is -3.05. The second kappa shape index (κ2) is 9.84. The van der Waals surface area contributed by atoms with Crippen molar-refractivity contribution in [1.82, 2.24) is 4.57 Å². The summed E-state index contributed by atoms with van der Waals surface area (Å²) >= 11 is 13.4. The molecule has 9 heteroatoms. The first-order valence-corrected chi connectivity index (χ1v) is 10.6. The summed E-state index contributed by atoms with van der Waals surface area (Å²) in [6.07, 6.45) is 3.30. The molecule has 0 bridgehead atoms. The molecule has 31 heavy (non-hydrogen) atoms. The van der Waals surface area contributed by atoms with Crippen LogP contribution in [0.3, 0.4) is 0 Å². The Morgan fingerprint density at radius 1 is 1.29 bits per heavy atom. The van der Waals surface area contributed by atoms with Gasteiger partial charge < -0.3 is 14.6 Å². The van der Waals surface area contributed by atoms with Crippen molar-refractivity contribution in [3.63, 3.8) is 0 Å². The number of methoxy groups -OCH3 is 1. The topological polar surface area (TPSA) is 84.1 Å². The molecule has 1 amide bonds. The molecule has 0 aliphatic heterocycles. The second-order valence-corrected chi connectivity index (χ2v) is 8.61. The third kappa shape index (κ3) is 5.36. The van der Waals surface area contributed by atoms with E-state index in [4.69, 9.17) is 27.9 Å². The smallest absolute Gasteiger partial charge is 0.340 e. The number of halogens is 2. The number of nitrogens with zero attached hydrogens (tertiary/aromatic N) is 2. The average molecular weight is 474 g/mol.